The Labute approximate surface area is 269 Å². The van der Waals surface area contributed by atoms with Crippen LogP contribution in [0.4, 0.5) is 10.1 Å². The zero-order valence-electron chi connectivity index (χ0n) is 25.5. The fraction of sp³-hybridized carbons (Fsp3) is 0.257. The molecule has 0 aliphatic heterocycles. The van der Waals surface area contributed by atoms with E-state index in [0.717, 1.165) is 9.87 Å². The number of hydrogen-bond acceptors (Lipinski definition) is 4. The number of carbonyl (C=O) groups is 2. The predicted octanol–water partition coefficient (Wildman–Crippen LogP) is 6.40. The van der Waals surface area contributed by atoms with Crippen LogP contribution in [0.2, 0.25) is 5.02 Å². The van der Waals surface area contributed by atoms with Crippen molar-refractivity contribution in [2.75, 3.05) is 17.4 Å². The van der Waals surface area contributed by atoms with Gasteiger partial charge in [-0.1, -0.05) is 98.2 Å². The van der Waals surface area contributed by atoms with E-state index >= 15 is 4.39 Å². The Morgan fingerprint density at radius 1 is 0.889 bits per heavy atom. The quantitative estimate of drug-likeness (QED) is 0.182. The predicted molar refractivity (Wildman–Crippen MR) is 176 cm³/mol. The van der Waals surface area contributed by atoms with Crippen molar-refractivity contribution >= 4 is 39.1 Å². The van der Waals surface area contributed by atoms with Crippen molar-refractivity contribution in [3.05, 3.63) is 131 Å². The Balaban J connectivity index is 1.83. The number of amides is 2. The summed E-state index contributed by atoms with van der Waals surface area (Å²) in [7, 11) is -4.28. The van der Waals surface area contributed by atoms with Gasteiger partial charge in [-0.25, -0.2) is 12.8 Å². The maximum Gasteiger partial charge on any atom is 0.264 e. The molecule has 0 fully saturated rings. The second-order valence-corrected chi connectivity index (χ2v) is 13.5. The van der Waals surface area contributed by atoms with E-state index in [0.29, 0.717) is 12.1 Å². The maximum absolute atomic E-state index is 15.0. The molecule has 2 amide bonds. The summed E-state index contributed by atoms with van der Waals surface area (Å²) >= 11 is 6.31. The van der Waals surface area contributed by atoms with Crippen molar-refractivity contribution < 1.29 is 22.4 Å². The van der Waals surface area contributed by atoms with Gasteiger partial charge in [-0.2, -0.15) is 0 Å². The van der Waals surface area contributed by atoms with Gasteiger partial charge in [0.1, 0.15) is 18.4 Å². The number of nitrogens with zero attached hydrogens (tertiary/aromatic N) is 2. The molecule has 4 aromatic rings. The number of rotatable bonds is 13. The summed E-state index contributed by atoms with van der Waals surface area (Å²) in [4.78, 5) is 29.5. The highest BCUT2D eigenvalue weighted by atomic mass is 35.5. The van der Waals surface area contributed by atoms with Crippen molar-refractivity contribution in [2.24, 2.45) is 5.92 Å². The number of sulfonamides is 1. The summed E-state index contributed by atoms with van der Waals surface area (Å²) in [5.74, 6) is -1.51. The fourth-order valence-electron chi connectivity index (χ4n) is 4.87. The van der Waals surface area contributed by atoms with Gasteiger partial charge in [-0.3, -0.25) is 13.9 Å². The maximum atomic E-state index is 15.0. The summed E-state index contributed by atoms with van der Waals surface area (Å²) in [6.07, 6.45) is 0.132. The van der Waals surface area contributed by atoms with E-state index in [1.165, 1.54) is 35.2 Å². The molecule has 0 radical (unpaired) electrons. The van der Waals surface area contributed by atoms with Crippen LogP contribution in [0.25, 0.3) is 0 Å². The Morgan fingerprint density at radius 3 is 2.16 bits per heavy atom. The lowest BCUT2D eigenvalue weighted by Gasteiger charge is -2.34. The summed E-state index contributed by atoms with van der Waals surface area (Å²) < 4.78 is 44.3. The molecule has 1 unspecified atom stereocenters. The Kier molecular flexibility index (Phi) is 11.4. The van der Waals surface area contributed by atoms with E-state index in [1.807, 2.05) is 44.2 Å². The topological polar surface area (TPSA) is 86.8 Å². The van der Waals surface area contributed by atoms with Crippen LogP contribution in [0.3, 0.4) is 0 Å². The lowest BCUT2D eigenvalue weighted by molar-refractivity contribution is -0.140. The molecule has 0 aliphatic carbocycles. The number of aryl methyl sites for hydroxylation is 1. The minimum Gasteiger partial charge on any atom is -0.354 e. The first kappa shape index (κ1) is 33.7. The molecule has 0 aromatic heterocycles. The summed E-state index contributed by atoms with van der Waals surface area (Å²) in [6.45, 7) is 5.07. The largest absolute Gasteiger partial charge is 0.354 e. The van der Waals surface area contributed by atoms with Gasteiger partial charge < -0.3 is 10.2 Å². The van der Waals surface area contributed by atoms with Crippen LogP contribution in [-0.4, -0.2) is 44.3 Å². The van der Waals surface area contributed by atoms with Crippen LogP contribution < -0.4 is 9.62 Å². The number of halogens is 2. The molecule has 4 aromatic carbocycles. The molecule has 7 nitrogen and oxygen atoms in total. The van der Waals surface area contributed by atoms with Crippen molar-refractivity contribution in [1.82, 2.24) is 10.2 Å². The van der Waals surface area contributed by atoms with E-state index in [4.69, 9.17) is 11.6 Å². The van der Waals surface area contributed by atoms with Gasteiger partial charge in [-0.15, -0.1) is 0 Å². The molecule has 10 heteroatoms. The first-order valence-corrected chi connectivity index (χ1v) is 16.5. The molecular weight excluding hydrogens is 613 g/mol. The van der Waals surface area contributed by atoms with Crippen molar-refractivity contribution in [2.45, 2.75) is 44.7 Å². The zero-order chi connectivity index (χ0) is 32.6. The Bertz CT molecular complexity index is 1720. The van der Waals surface area contributed by atoms with Crippen LogP contribution >= 0.6 is 11.6 Å². The van der Waals surface area contributed by atoms with Crippen molar-refractivity contribution in [3.8, 4) is 0 Å². The Hall–Kier alpha value is -4.21. The van der Waals surface area contributed by atoms with E-state index in [1.54, 1.807) is 49.4 Å². The van der Waals surface area contributed by atoms with Gasteiger partial charge in [0.15, 0.2) is 0 Å². The fourth-order valence-corrected chi connectivity index (χ4v) is 6.53. The van der Waals surface area contributed by atoms with Gasteiger partial charge in [0.2, 0.25) is 11.8 Å². The molecule has 0 heterocycles. The number of anilines is 1. The normalized spacial score (nSPS) is 12.0. The lowest BCUT2D eigenvalue weighted by Crippen LogP contribution is -2.54. The lowest BCUT2D eigenvalue weighted by atomic mass is 10.0. The molecule has 0 bridgehead atoms. The molecule has 1 N–H and O–H groups in total. The second-order valence-electron chi connectivity index (χ2n) is 11.2. The number of hydrogen-bond donors (Lipinski definition) is 1. The van der Waals surface area contributed by atoms with E-state index in [-0.39, 0.29) is 40.1 Å². The second kappa shape index (κ2) is 15.2. The van der Waals surface area contributed by atoms with Gasteiger partial charge in [0.25, 0.3) is 10.0 Å². The third-order valence-electron chi connectivity index (χ3n) is 7.30. The first-order valence-electron chi connectivity index (χ1n) is 14.7. The number of carbonyl (C=O) groups excluding carboxylic acids is 2. The van der Waals surface area contributed by atoms with E-state index in [2.05, 4.69) is 5.32 Å². The molecule has 0 spiro atoms. The molecule has 4 rings (SSSR count). The van der Waals surface area contributed by atoms with Crippen LogP contribution in [0.1, 0.15) is 30.5 Å². The van der Waals surface area contributed by atoms with Crippen LogP contribution in [0.5, 0.6) is 0 Å². The standard InChI is InChI=1S/C35H37ClFN3O4S/c1-25(2)22-38-35(42)33(20-27-12-6-4-7-13-27)39(23-28-14-10-11-17-31(28)37)34(41)24-40(32-21-29(36)19-18-26(32)3)45(43,44)30-15-8-5-9-16-30/h4-19,21,25,33H,20,22-24H2,1-3H3,(H,38,42). The molecule has 0 aliphatic rings. The van der Waals surface area contributed by atoms with Crippen molar-refractivity contribution in [1.29, 1.82) is 0 Å². The first-order chi connectivity index (χ1) is 21.5. The average Bonchev–Trinajstić information content (AvgIpc) is 3.03. The van der Waals surface area contributed by atoms with E-state index < -0.39 is 40.2 Å². The minimum atomic E-state index is -4.28. The summed E-state index contributed by atoms with van der Waals surface area (Å²) in [6, 6.07) is 26.7. The molecule has 45 heavy (non-hydrogen) atoms. The SMILES string of the molecule is Cc1ccc(Cl)cc1N(CC(=O)N(Cc1ccccc1F)C(Cc1ccccc1)C(=O)NCC(C)C)S(=O)(=O)c1ccccc1. The highest BCUT2D eigenvalue weighted by Crippen LogP contribution is 2.30. The number of benzene rings is 4. The highest BCUT2D eigenvalue weighted by molar-refractivity contribution is 7.92. The average molecular weight is 650 g/mol. The van der Waals surface area contributed by atoms with Crippen molar-refractivity contribution in [3.63, 3.8) is 0 Å². The zero-order valence-corrected chi connectivity index (χ0v) is 27.1. The van der Waals surface area contributed by atoms with E-state index in [9.17, 15) is 18.0 Å². The van der Waals surface area contributed by atoms with Gasteiger partial charge in [-0.05, 0) is 54.3 Å². The van der Waals surface area contributed by atoms with Crippen LogP contribution in [0, 0.1) is 18.7 Å². The molecule has 0 saturated carbocycles. The van der Waals surface area contributed by atoms with Crippen LogP contribution in [-0.2, 0) is 32.6 Å². The monoisotopic (exact) mass is 649 g/mol. The van der Waals surface area contributed by atoms with Gasteiger partial charge >= 0.3 is 0 Å². The molecule has 1 atom stereocenters. The highest BCUT2D eigenvalue weighted by Gasteiger charge is 2.35. The minimum absolute atomic E-state index is 0.0201. The number of nitrogens with one attached hydrogen (secondary N) is 1. The molecule has 0 saturated heterocycles. The summed E-state index contributed by atoms with van der Waals surface area (Å²) in [5, 5.41) is 3.21. The Morgan fingerprint density at radius 2 is 1.51 bits per heavy atom. The molecular formula is C35H37ClFN3O4S. The van der Waals surface area contributed by atoms with Crippen LogP contribution in [0.15, 0.2) is 108 Å². The smallest absolute Gasteiger partial charge is 0.264 e. The van der Waals surface area contributed by atoms with Gasteiger partial charge in [0.05, 0.1) is 10.6 Å². The third kappa shape index (κ3) is 8.71. The van der Waals surface area contributed by atoms with Gasteiger partial charge in [0, 0.05) is 30.1 Å². The molecule has 236 valence electrons. The third-order valence-corrected chi connectivity index (χ3v) is 9.31. The summed E-state index contributed by atoms with van der Waals surface area (Å²) in [5.41, 5.74) is 1.77.